The molecule has 0 saturated heterocycles. The molecule has 0 atom stereocenters. The van der Waals surface area contributed by atoms with E-state index in [4.69, 9.17) is 28.9 Å². The van der Waals surface area contributed by atoms with Crippen molar-refractivity contribution in [2.24, 2.45) is 0 Å². The van der Waals surface area contributed by atoms with Gasteiger partial charge >= 0.3 is 0 Å². The van der Waals surface area contributed by atoms with Gasteiger partial charge in [-0.3, -0.25) is 9.59 Å². The third-order valence-corrected chi connectivity index (χ3v) is 13.0. The molecule has 11 aromatic rings. The number of rotatable bonds is 2. The van der Waals surface area contributed by atoms with Crippen LogP contribution in [0.15, 0.2) is 192 Å². The fourth-order valence-electron chi connectivity index (χ4n) is 9.92. The molecule has 12 heteroatoms. The minimum absolute atomic E-state index is 0.232. The van der Waals surface area contributed by atoms with Crippen molar-refractivity contribution in [3.05, 3.63) is 203 Å². The van der Waals surface area contributed by atoms with Crippen molar-refractivity contribution in [3.63, 3.8) is 0 Å². The maximum atomic E-state index is 15.7. The quantitative estimate of drug-likeness (QED) is 0.168. The molecule has 1 aliphatic heterocycles. The van der Waals surface area contributed by atoms with Crippen molar-refractivity contribution in [1.82, 2.24) is 27.9 Å². The predicted octanol–water partition coefficient (Wildman–Crippen LogP) is 10.5. The molecule has 344 valence electrons. The molecule has 0 fully saturated rings. The van der Waals surface area contributed by atoms with Gasteiger partial charge in [-0.15, -0.1) is 0 Å². The standard InChI is InChI=1S/C58H46N6O6/c65-57-53-51-49(39-17-3-1-4-18-39)45-25-13-15-29-61(45)55(51)56-52(50(40-19-5-2-6-20-40)46-26-14-16-30-62(46)56)54-58(66)64(44-24-10-8-22-42(44)60-54)32-34-68-36-38-70-48-28-12-11-27-47(48)69-37-35-67-33-31-63(57)43-23-9-7-21-41(43)59-53/h1-30H,31-38H2. The van der Waals surface area contributed by atoms with Crippen LogP contribution in [0.4, 0.5) is 0 Å². The van der Waals surface area contributed by atoms with E-state index in [-0.39, 0.29) is 75.2 Å². The summed E-state index contributed by atoms with van der Waals surface area (Å²) in [5.41, 5.74) is 10.3. The lowest BCUT2D eigenvalue weighted by Gasteiger charge is -2.17. The van der Waals surface area contributed by atoms with Crippen LogP contribution in [0.2, 0.25) is 0 Å². The van der Waals surface area contributed by atoms with E-state index < -0.39 is 0 Å². The maximum Gasteiger partial charge on any atom is 0.277 e. The molecule has 12 rings (SSSR count). The van der Waals surface area contributed by atoms with Crippen LogP contribution in [0.25, 0.3) is 89.3 Å². The molecule has 0 unspecified atom stereocenters. The second-order valence-corrected chi connectivity index (χ2v) is 17.0. The largest absolute Gasteiger partial charge is 0.487 e. The van der Waals surface area contributed by atoms with Crippen LogP contribution in [0.5, 0.6) is 11.5 Å². The molecule has 7 heterocycles. The number of benzene rings is 5. The number of pyridine rings is 2. The Bertz CT molecular complexity index is 3610. The zero-order chi connectivity index (χ0) is 47.0. The highest BCUT2D eigenvalue weighted by atomic mass is 16.6. The van der Waals surface area contributed by atoms with Gasteiger partial charge in [-0.2, -0.15) is 0 Å². The summed E-state index contributed by atoms with van der Waals surface area (Å²) in [6, 6.07) is 55.3. The zero-order valence-electron chi connectivity index (χ0n) is 38.1. The smallest absolute Gasteiger partial charge is 0.277 e. The van der Waals surface area contributed by atoms with Crippen molar-refractivity contribution < 1.29 is 18.9 Å². The summed E-state index contributed by atoms with van der Waals surface area (Å²) in [7, 11) is 0. The number of hydrogen-bond donors (Lipinski definition) is 0. The predicted molar refractivity (Wildman–Crippen MR) is 274 cm³/mol. The molecule has 5 aromatic carbocycles. The Morgan fingerprint density at radius 3 is 1.21 bits per heavy atom. The first-order chi connectivity index (χ1) is 34.6. The van der Waals surface area contributed by atoms with Crippen LogP contribution in [0.1, 0.15) is 0 Å². The van der Waals surface area contributed by atoms with Gasteiger partial charge in [-0.1, -0.05) is 109 Å². The van der Waals surface area contributed by atoms with E-state index in [0.717, 1.165) is 33.3 Å². The summed E-state index contributed by atoms with van der Waals surface area (Å²) in [6.07, 6.45) is 4.04. The fourth-order valence-corrected chi connectivity index (χ4v) is 9.92. The van der Waals surface area contributed by atoms with Crippen molar-refractivity contribution >= 4 is 33.1 Å². The maximum absolute atomic E-state index is 15.7. The van der Waals surface area contributed by atoms with Crippen LogP contribution >= 0.6 is 0 Å². The number of aromatic nitrogens is 6. The van der Waals surface area contributed by atoms with Gasteiger partial charge in [0.15, 0.2) is 11.5 Å². The van der Waals surface area contributed by atoms with Gasteiger partial charge in [0.05, 0.1) is 70.9 Å². The first-order valence-electron chi connectivity index (χ1n) is 23.5. The van der Waals surface area contributed by atoms with E-state index in [0.29, 0.717) is 56.1 Å². The minimum Gasteiger partial charge on any atom is -0.487 e. The van der Waals surface area contributed by atoms with Crippen LogP contribution in [0.3, 0.4) is 0 Å². The van der Waals surface area contributed by atoms with Gasteiger partial charge in [0.2, 0.25) is 0 Å². The molecule has 4 bridgehead atoms. The average molecular weight is 923 g/mol. The Labute approximate surface area is 401 Å². The Morgan fingerprint density at radius 1 is 0.371 bits per heavy atom. The van der Waals surface area contributed by atoms with Gasteiger partial charge in [-0.25, -0.2) is 9.97 Å². The van der Waals surface area contributed by atoms with E-state index in [9.17, 15) is 0 Å². The summed E-state index contributed by atoms with van der Waals surface area (Å²) in [4.78, 5) is 42.1. The molecular formula is C58H46N6O6. The highest BCUT2D eigenvalue weighted by molar-refractivity contribution is 6.09. The van der Waals surface area contributed by atoms with E-state index in [1.165, 1.54) is 0 Å². The zero-order valence-corrected chi connectivity index (χ0v) is 38.1. The van der Waals surface area contributed by atoms with E-state index in [1.807, 2.05) is 146 Å². The Kier molecular flexibility index (Phi) is 11.3. The van der Waals surface area contributed by atoms with Crippen LogP contribution < -0.4 is 20.6 Å². The molecule has 1 aliphatic rings. The second kappa shape index (κ2) is 18.5. The monoisotopic (exact) mass is 922 g/mol. The first kappa shape index (κ1) is 42.8. The molecule has 0 N–H and O–H groups in total. The van der Waals surface area contributed by atoms with E-state index in [1.54, 1.807) is 9.13 Å². The normalized spacial score (nSPS) is 13.8. The highest BCUT2D eigenvalue weighted by Crippen LogP contribution is 2.50. The molecule has 70 heavy (non-hydrogen) atoms. The van der Waals surface area contributed by atoms with Gasteiger partial charge in [-0.05, 0) is 71.8 Å². The third kappa shape index (κ3) is 7.50. The van der Waals surface area contributed by atoms with Gasteiger partial charge in [0, 0.05) is 47.7 Å². The van der Waals surface area contributed by atoms with Crippen LogP contribution in [-0.2, 0) is 22.6 Å². The molecule has 0 aliphatic carbocycles. The average Bonchev–Trinajstić information content (AvgIpc) is 3.92. The van der Waals surface area contributed by atoms with Crippen molar-refractivity contribution in [3.8, 4) is 67.7 Å². The van der Waals surface area contributed by atoms with E-state index in [2.05, 4.69) is 45.2 Å². The lowest BCUT2D eigenvalue weighted by atomic mass is 9.94. The summed E-state index contributed by atoms with van der Waals surface area (Å²) >= 11 is 0. The van der Waals surface area contributed by atoms with Crippen molar-refractivity contribution in [1.29, 1.82) is 0 Å². The topological polar surface area (TPSA) is 116 Å². The van der Waals surface area contributed by atoms with Gasteiger partial charge < -0.3 is 36.9 Å². The summed E-state index contributed by atoms with van der Waals surface area (Å²) < 4.78 is 32.4. The molecule has 12 nitrogen and oxygen atoms in total. The molecule has 0 radical (unpaired) electrons. The summed E-state index contributed by atoms with van der Waals surface area (Å²) in [6.45, 7) is 2.06. The third-order valence-electron chi connectivity index (χ3n) is 13.0. The summed E-state index contributed by atoms with van der Waals surface area (Å²) in [5, 5.41) is 0. The Balaban J connectivity index is 1.20. The van der Waals surface area contributed by atoms with Crippen LogP contribution in [0, 0.1) is 0 Å². The van der Waals surface area contributed by atoms with Crippen LogP contribution in [-0.4, -0.2) is 67.5 Å². The minimum atomic E-state index is -0.287. The summed E-state index contributed by atoms with van der Waals surface area (Å²) in [5.74, 6) is 1.17. The molecule has 0 amide bonds. The number of nitrogens with zero attached hydrogens (tertiary/aromatic N) is 6. The highest BCUT2D eigenvalue weighted by Gasteiger charge is 2.33. The second-order valence-electron chi connectivity index (χ2n) is 17.0. The lowest BCUT2D eigenvalue weighted by molar-refractivity contribution is 0.0860. The number of fused-ring (bicyclic) bond motifs is 18. The molecule has 0 saturated carbocycles. The lowest BCUT2D eigenvalue weighted by Crippen LogP contribution is -2.27. The fraction of sp³-hybridized carbons (Fsp3) is 0.138. The van der Waals surface area contributed by atoms with Gasteiger partial charge in [0.25, 0.3) is 11.1 Å². The molecule has 0 spiro atoms. The number of para-hydroxylation sites is 6. The van der Waals surface area contributed by atoms with Gasteiger partial charge in [0.1, 0.15) is 24.6 Å². The Hall–Kier alpha value is -8.58. The SMILES string of the molecule is O=c1c2nc3ccccc3n1CCOCCOc1ccccc1OCCOCCn1c(=O)c(nc3ccccc31)-c1c(-c3ccccc3)c3ccccn3c1-c1c-2c(-c2ccccc2)c2ccccn12. The van der Waals surface area contributed by atoms with Crippen molar-refractivity contribution in [2.75, 3.05) is 39.6 Å². The number of hydrogen-bond acceptors (Lipinski definition) is 8. The first-order valence-corrected chi connectivity index (χ1v) is 23.5. The number of ether oxygens (including phenoxy) is 4. The molecule has 6 aromatic heterocycles. The van der Waals surface area contributed by atoms with E-state index >= 15 is 9.59 Å². The van der Waals surface area contributed by atoms with Crippen molar-refractivity contribution in [2.45, 2.75) is 13.1 Å². The molecular weight excluding hydrogens is 877 g/mol. The Morgan fingerprint density at radius 2 is 0.757 bits per heavy atom.